The van der Waals surface area contributed by atoms with Crippen LogP contribution in [0.3, 0.4) is 0 Å². The number of nitrogens with zero attached hydrogens (tertiary/aromatic N) is 2. The Morgan fingerprint density at radius 1 is 1.47 bits per heavy atom. The van der Waals surface area contributed by atoms with Crippen molar-refractivity contribution in [3.63, 3.8) is 0 Å². The van der Waals surface area contributed by atoms with Crippen molar-refractivity contribution in [3.8, 4) is 0 Å². The molecule has 3 heteroatoms. The van der Waals surface area contributed by atoms with Crippen molar-refractivity contribution >= 4 is 0 Å². The van der Waals surface area contributed by atoms with E-state index in [4.69, 9.17) is 0 Å². The summed E-state index contributed by atoms with van der Waals surface area (Å²) < 4.78 is 0. The van der Waals surface area contributed by atoms with Crippen molar-refractivity contribution in [1.82, 2.24) is 15.3 Å². The Labute approximate surface area is 91.3 Å². The molecule has 0 atom stereocenters. The molecule has 1 heterocycles. The van der Waals surface area contributed by atoms with Gasteiger partial charge in [0.1, 0.15) is 6.33 Å². The zero-order valence-electron chi connectivity index (χ0n) is 9.37. The molecular formula is C12H19N3. The second-order valence-electron chi connectivity index (χ2n) is 4.51. The van der Waals surface area contributed by atoms with Crippen molar-refractivity contribution in [2.24, 2.45) is 5.41 Å². The van der Waals surface area contributed by atoms with Crippen LogP contribution >= 0.6 is 0 Å². The first-order chi connectivity index (χ1) is 7.35. The van der Waals surface area contributed by atoms with E-state index in [-0.39, 0.29) is 0 Å². The summed E-state index contributed by atoms with van der Waals surface area (Å²) in [6.07, 6.45) is 8.88. The van der Waals surface area contributed by atoms with Gasteiger partial charge in [0.05, 0.1) is 5.69 Å². The molecule has 0 saturated heterocycles. The number of aromatic nitrogens is 2. The third-order valence-electron chi connectivity index (χ3n) is 3.61. The molecule has 1 aromatic heterocycles. The number of nitrogens with one attached hydrogen (secondary N) is 1. The van der Waals surface area contributed by atoms with E-state index in [1.165, 1.54) is 25.7 Å². The van der Waals surface area contributed by atoms with Crippen LogP contribution in [0, 0.1) is 5.41 Å². The highest BCUT2D eigenvalue weighted by atomic mass is 14.9. The van der Waals surface area contributed by atoms with Gasteiger partial charge in [-0.25, -0.2) is 9.97 Å². The van der Waals surface area contributed by atoms with Crippen LogP contribution in [0.1, 0.15) is 38.3 Å². The predicted molar refractivity (Wildman–Crippen MR) is 60.3 cm³/mol. The quantitative estimate of drug-likeness (QED) is 0.800. The third-order valence-corrected chi connectivity index (χ3v) is 3.61. The highest BCUT2D eigenvalue weighted by Crippen LogP contribution is 2.42. The summed E-state index contributed by atoms with van der Waals surface area (Å²) >= 11 is 0. The molecule has 2 rings (SSSR count). The summed E-state index contributed by atoms with van der Waals surface area (Å²) in [5.41, 5.74) is 1.67. The lowest BCUT2D eigenvalue weighted by Crippen LogP contribution is -2.39. The first-order valence-corrected chi connectivity index (χ1v) is 5.80. The van der Waals surface area contributed by atoms with E-state index in [0.29, 0.717) is 5.41 Å². The molecule has 1 aliphatic carbocycles. The summed E-state index contributed by atoms with van der Waals surface area (Å²) in [5, 5.41) is 3.51. The van der Waals surface area contributed by atoms with E-state index in [9.17, 15) is 0 Å². The average Bonchev–Trinajstić information content (AvgIpc) is 2.24. The molecule has 0 unspecified atom stereocenters. The van der Waals surface area contributed by atoms with Gasteiger partial charge in [-0.2, -0.15) is 0 Å². The van der Waals surface area contributed by atoms with Gasteiger partial charge < -0.3 is 5.32 Å². The number of hydrogen-bond donors (Lipinski definition) is 1. The maximum atomic E-state index is 4.19. The SMILES string of the molecule is CCC1(CNCc2ccncn2)CCC1. The zero-order chi connectivity index (χ0) is 10.6. The lowest BCUT2D eigenvalue weighted by atomic mass is 9.67. The van der Waals surface area contributed by atoms with Crippen molar-refractivity contribution in [2.75, 3.05) is 6.54 Å². The predicted octanol–water partition coefficient (Wildman–Crippen LogP) is 2.15. The van der Waals surface area contributed by atoms with Crippen LogP contribution < -0.4 is 5.32 Å². The molecule has 0 bridgehead atoms. The Morgan fingerprint density at radius 3 is 2.87 bits per heavy atom. The Bertz CT molecular complexity index is 287. The average molecular weight is 205 g/mol. The Morgan fingerprint density at radius 2 is 2.33 bits per heavy atom. The molecule has 1 N–H and O–H groups in total. The summed E-state index contributed by atoms with van der Waals surface area (Å²) in [6.45, 7) is 4.29. The number of hydrogen-bond acceptors (Lipinski definition) is 3. The Balaban J connectivity index is 1.75. The van der Waals surface area contributed by atoms with E-state index in [1.54, 1.807) is 12.5 Å². The Hall–Kier alpha value is -0.960. The third kappa shape index (κ3) is 2.53. The molecule has 1 aromatic rings. The molecule has 0 spiro atoms. The topological polar surface area (TPSA) is 37.8 Å². The molecular weight excluding hydrogens is 186 g/mol. The van der Waals surface area contributed by atoms with Crippen LogP contribution in [-0.4, -0.2) is 16.5 Å². The standard InChI is InChI=1S/C12H19N3/c1-2-12(5-3-6-12)9-14-8-11-4-7-13-10-15-11/h4,7,10,14H,2-3,5-6,8-9H2,1H3. The molecule has 0 amide bonds. The van der Waals surface area contributed by atoms with Gasteiger partial charge in [-0.3, -0.25) is 0 Å². The van der Waals surface area contributed by atoms with Gasteiger partial charge in [0.2, 0.25) is 0 Å². The van der Waals surface area contributed by atoms with Crippen molar-refractivity contribution in [2.45, 2.75) is 39.2 Å². The molecule has 1 saturated carbocycles. The van der Waals surface area contributed by atoms with Crippen LogP contribution in [0.4, 0.5) is 0 Å². The maximum absolute atomic E-state index is 4.19. The largest absolute Gasteiger partial charge is 0.311 e. The van der Waals surface area contributed by atoms with Crippen molar-refractivity contribution < 1.29 is 0 Å². The fraction of sp³-hybridized carbons (Fsp3) is 0.667. The summed E-state index contributed by atoms with van der Waals surface area (Å²) in [6, 6.07) is 1.96. The minimum absolute atomic E-state index is 0.590. The second kappa shape index (κ2) is 4.71. The van der Waals surface area contributed by atoms with Crippen LogP contribution in [-0.2, 0) is 6.54 Å². The van der Waals surface area contributed by atoms with E-state index in [2.05, 4.69) is 22.2 Å². The monoisotopic (exact) mass is 205 g/mol. The molecule has 0 aromatic carbocycles. The van der Waals surface area contributed by atoms with Gasteiger partial charge in [0, 0.05) is 19.3 Å². The van der Waals surface area contributed by atoms with Gasteiger partial charge in [0.25, 0.3) is 0 Å². The molecule has 0 aliphatic heterocycles. The van der Waals surface area contributed by atoms with Gasteiger partial charge in [-0.1, -0.05) is 13.3 Å². The lowest BCUT2D eigenvalue weighted by Gasteiger charge is -2.41. The zero-order valence-corrected chi connectivity index (χ0v) is 9.37. The van der Waals surface area contributed by atoms with E-state index in [1.807, 2.05) is 6.07 Å². The van der Waals surface area contributed by atoms with Crippen LogP contribution in [0.15, 0.2) is 18.6 Å². The van der Waals surface area contributed by atoms with Gasteiger partial charge in [0.15, 0.2) is 0 Å². The lowest BCUT2D eigenvalue weighted by molar-refractivity contribution is 0.123. The molecule has 82 valence electrons. The highest BCUT2D eigenvalue weighted by Gasteiger charge is 2.34. The number of rotatable bonds is 5. The molecule has 0 radical (unpaired) electrons. The highest BCUT2D eigenvalue weighted by molar-refractivity contribution is 4.97. The maximum Gasteiger partial charge on any atom is 0.115 e. The molecule has 3 nitrogen and oxygen atoms in total. The minimum atomic E-state index is 0.590. The van der Waals surface area contributed by atoms with Gasteiger partial charge in [-0.05, 0) is 30.7 Å². The van der Waals surface area contributed by atoms with Crippen LogP contribution in [0.5, 0.6) is 0 Å². The summed E-state index contributed by atoms with van der Waals surface area (Å²) in [7, 11) is 0. The van der Waals surface area contributed by atoms with Crippen molar-refractivity contribution in [1.29, 1.82) is 0 Å². The van der Waals surface area contributed by atoms with Crippen LogP contribution in [0.2, 0.25) is 0 Å². The first-order valence-electron chi connectivity index (χ1n) is 5.80. The van der Waals surface area contributed by atoms with Gasteiger partial charge >= 0.3 is 0 Å². The fourth-order valence-electron chi connectivity index (χ4n) is 2.21. The second-order valence-corrected chi connectivity index (χ2v) is 4.51. The summed E-state index contributed by atoms with van der Waals surface area (Å²) in [5.74, 6) is 0. The van der Waals surface area contributed by atoms with E-state index >= 15 is 0 Å². The minimum Gasteiger partial charge on any atom is -0.311 e. The van der Waals surface area contributed by atoms with E-state index < -0.39 is 0 Å². The molecule has 15 heavy (non-hydrogen) atoms. The Kier molecular flexibility index (Phi) is 3.31. The van der Waals surface area contributed by atoms with Crippen molar-refractivity contribution in [3.05, 3.63) is 24.3 Å². The fourth-order valence-corrected chi connectivity index (χ4v) is 2.21. The molecule has 1 fully saturated rings. The van der Waals surface area contributed by atoms with Gasteiger partial charge in [-0.15, -0.1) is 0 Å². The smallest absolute Gasteiger partial charge is 0.115 e. The summed E-state index contributed by atoms with van der Waals surface area (Å²) in [4.78, 5) is 8.10. The first kappa shape index (κ1) is 10.6. The normalized spacial score (nSPS) is 18.5. The van der Waals surface area contributed by atoms with E-state index in [0.717, 1.165) is 18.8 Å². The van der Waals surface area contributed by atoms with Crippen LogP contribution in [0.25, 0.3) is 0 Å². The molecule has 1 aliphatic rings.